The number of allylic oxidation sites excluding steroid dienone is 1. The molecule has 3 saturated heterocycles. The molecule has 2 aromatic heterocycles. The molecule has 5 amide bonds. The van der Waals surface area contributed by atoms with Crippen molar-refractivity contribution < 1.29 is 46.8 Å². The fourth-order valence-corrected chi connectivity index (χ4v) is 14.1. The van der Waals surface area contributed by atoms with Crippen LogP contribution in [0.5, 0.6) is 11.5 Å². The number of carbonyl (C=O) groups is 5. The molecule has 6 heterocycles. The number of H-pyrrole nitrogens is 1. The first-order valence-electron chi connectivity index (χ1n) is 28.9. The highest BCUT2D eigenvalue weighted by Gasteiger charge is 2.46. The van der Waals surface area contributed by atoms with E-state index in [0.717, 1.165) is 80.3 Å². The van der Waals surface area contributed by atoms with Crippen molar-refractivity contribution in [2.75, 3.05) is 88.1 Å². The fraction of sp³-hybridized carbons (Fsp3) is 0.387. The molecule has 1 aliphatic carbocycles. The summed E-state index contributed by atoms with van der Waals surface area (Å²) in [5.74, 6) is -2.18. The molecule has 11 rings (SSSR count). The number of nitrogens with one attached hydrogen (secondary N) is 4. The average Bonchev–Trinajstić information content (AvgIpc) is 1.75. The number of pyridine rings is 1. The molecule has 0 radical (unpaired) electrons. The molecular weight excluding hydrogens is 1160 g/mol. The lowest BCUT2D eigenvalue weighted by atomic mass is 9.72. The quantitative estimate of drug-likeness (QED) is 0.0172. The number of hydrogen-bond acceptors (Lipinski definition) is 17. The van der Waals surface area contributed by atoms with E-state index < -0.39 is 61.1 Å². The fourth-order valence-electron chi connectivity index (χ4n) is 12.1. The number of fused-ring (bicyclic) bond motifs is 2. The molecule has 6 aromatic rings. The van der Waals surface area contributed by atoms with Crippen LogP contribution in [0.25, 0.3) is 16.6 Å². The molecule has 24 heteroatoms. The van der Waals surface area contributed by atoms with Gasteiger partial charge in [-0.2, -0.15) is 0 Å². The van der Waals surface area contributed by atoms with Gasteiger partial charge in [0.25, 0.3) is 33.4 Å². The minimum atomic E-state index is -4.66. The monoisotopic (exact) mass is 1230 g/mol. The van der Waals surface area contributed by atoms with Crippen LogP contribution in [0, 0.1) is 21.4 Å². The van der Waals surface area contributed by atoms with Crippen LogP contribution in [0.2, 0.25) is 5.02 Å². The molecule has 4 aliphatic heterocycles. The number of aromatic amines is 1. The number of nitro benzene ring substituents is 1. The number of aromatic nitrogens is 2. The van der Waals surface area contributed by atoms with Crippen LogP contribution < -0.4 is 25.0 Å². The van der Waals surface area contributed by atoms with Gasteiger partial charge in [-0.3, -0.25) is 49.2 Å². The number of nitrogens with zero attached hydrogens (tertiary/aromatic N) is 6. The predicted octanol–water partition coefficient (Wildman–Crippen LogP) is 9.16. The zero-order valence-electron chi connectivity index (χ0n) is 47.8. The number of amides is 5. The van der Waals surface area contributed by atoms with E-state index in [1.807, 2.05) is 18.2 Å². The maximum Gasteiger partial charge on any atom is 0.293 e. The van der Waals surface area contributed by atoms with Gasteiger partial charge in [-0.25, -0.2) is 18.1 Å². The standard InChI is InChI=1S/C62H67ClN10O11S2/c1-62(2)20-18-42(49(34-62)40-8-10-43(63)11-9-40)38-70-23-25-71(26-24-70)44-12-14-47(53(32-44)84-45-31-41-19-21-64-57(41)66-36-45)58(75)68-86(81,82)46-13-15-50(52(33-46)73(79)80)65-35-39-5-4-22-69(37-39)27-28-83-29-30-85-54-7-3-6-48-56(54)61(78)72(60(48)77)51-16-17-55(74)67-59(51)76/h3,6-15,19,21,31-33,36,39,51,65H,4-5,16-18,20,22-30,34-35,37-38H2,1-2H3,(H,64,66)(H,68,75)(H,67,74,76). The first-order valence-corrected chi connectivity index (χ1v) is 31.8. The summed E-state index contributed by atoms with van der Waals surface area (Å²) in [4.78, 5) is 92.5. The van der Waals surface area contributed by atoms with E-state index in [2.05, 4.69) is 66.0 Å². The molecule has 3 fully saturated rings. The number of nitro groups is 1. The number of thioether (sulfide) groups is 1. The van der Waals surface area contributed by atoms with Crippen LogP contribution in [0.3, 0.4) is 0 Å². The Morgan fingerprint density at radius 1 is 0.919 bits per heavy atom. The molecule has 5 aliphatic rings. The Kier molecular flexibility index (Phi) is 18.0. The third-order valence-electron chi connectivity index (χ3n) is 16.7. The molecular formula is C62H67ClN10O11S2. The van der Waals surface area contributed by atoms with Crippen LogP contribution in [0.4, 0.5) is 17.1 Å². The minimum Gasteiger partial charge on any atom is -0.455 e. The first kappa shape index (κ1) is 60.0. The zero-order valence-corrected chi connectivity index (χ0v) is 50.2. The molecule has 0 bridgehead atoms. The van der Waals surface area contributed by atoms with Crippen LogP contribution in [-0.2, 0) is 24.3 Å². The molecule has 0 spiro atoms. The summed E-state index contributed by atoms with van der Waals surface area (Å²) in [6, 6.07) is 24.2. The third-order valence-corrected chi connectivity index (χ3v) is 19.3. The minimum absolute atomic E-state index is 0.0370. The highest BCUT2D eigenvalue weighted by atomic mass is 35.5. The van der Waals surface area contributed by atoms with Gasteiger partial charge in [0.2, 0.25) is 11.8 Å². The normalized spacial score (nSPS) is 19.4. The maximum atomic E-state index is 14.2. The number of halogens is 1. The van der Waals surface area contributed by atoms with E-state index in [0.29, 0.717) is 73.0 Å². The largest absolute Gasteiger partial charge is 0.455 e. The molecule has 2 atom stereocenters. The summed E-state index contributed by atoms with van der Waals surface area (Å²) in [7, 11) is -4.66. The van der Waals surface area contributed by atoms with E-state index in [9.17, 15) is 42.5 Å². The number of ether oxygens (including phenoxy) is 2. The second kappa shape index (κ2) is 25.7. The van der Waals surface area contributed by atoms with E-state index in [-0.39, 0.29) is 52.3 Å². The van der Waals surface area contributed by atoms with E-state index in [1.54, 1.807) is 42.6 Å². The number of sulfonamides is 1. The number of likely N-dealkylation sites (tertiary alicyclic amines) is 1. The van der Waals surface area contributed by atoms with Gasteiger partial charge in [-0.1, -0.05) is 49.2 Å². The van der Waals surface area contributed by atoms with Gasteiger partial charge >= 0.3 is 0 Å². The smallest absolute Gasteiger partial charge is 0.293 e. The number of anilines is 2. The second-order valence-corrected chi connectivity index (χ2v) is 26.5. The van der Waals surface area contributed by atoms with E-state index in [1.165, 1.54) is 52.9 Å². The van der Waals surface area contributed by atoms with Crippen molar-refractivity contribution in [2.45, 2.75) is 74.6 Å². The van der Waals surface area contributed by atoms with Crippen molar-refractivity contribution in [3.05, 3.63) is 146 Å². The summed E-state index contributed by atoms with van der Waals surface area (Å²) < 4.78 is 42.5. The van der Waals surface area contributed by atoms with Gasteiger partial charge in [0.1, 0.15) is 28.9 Å². The second-order valence-electron chi connectivity index (χ2n) is 23.2. The molecule has 4 N–H and O–H groups in total. The number of piperidine rings is 2. The Morgan fingerprint density at radius 3 is 2.52 bits per heavy atom. The topological polar surface area (TPSA) is 259 Å². The van der Waals surface area contributed by atoms with Gasteiger partial charge in [0.05, 0.1) is 45.9 Å². The Morgan fingerprint density at radius 2 is 1.73 bits per heavy atom. The molecule has 2 unspecified atom stereocenters. The lowest BCUT2D eigenvalue weighted by Crippen LogP contribution is -2.54. The molecule has 86 heavy (non-hydrogen) atoms. The van der Waals surface area contributed by atoms with Gasteiger partial charge < -0.3 is 29.6 Å². The third kappa shape index (κ3) is 13.6. The maximum absolute atomic E-state index is 14.2. The highest BCUT2D eigenvalue weighted by molar-refractivity contribution is 7.99. The van der Waals surface area contributed by atoms with Gasteiger partial charge in [0.15, 0.2) is 0 Å². The number of piperazine rings is 1. The van der Waals surface area contributed by atoms with Gasteiger partial charge in [-0.05, 0) is 128 Å². The van der Waals surface area contributed by atoms with Crippen LogP contribution in [0.1, 0.15) is 95.4 Å². The van der Waals surface area contributed by atoms with Gasteiger partial charge in [-0.15, -0.1) is 11.8 Å². The van der Waals surface area contributed by atoms with Gasteiger partial charge in [0, 0.05) is 104 Å². The van der Waals surface area contributed by atoms with Crippen molar-refractivity contribution in [1.82, 2.24) is 34.7 Å². The SMILES string of the molecule is CC1(C)CCC(CN2CCN(c3ccc(C(=O)NS(=O)(=O)c4ccc(NCC5CCCN(CCOCCSc6cccc7c6C(=O)N(C6CCC(=O)NC6=O)C7=O)C5)c([N+](=O)[O-])c4)c(Oc4cnc5[nH]ccc5c4)c3)CC2)=C(c2ccc(Cl)cc2)C1. The van der Waals surface area contributed by atoms with Crippen molar-refractivity contribution in [2.24, 2.45) is 11.3 Å². The Labute approximate surface area is 507 Å². The Hall–Kier alpha value is -7.67. The Bertz CT molecular complexity index is 3770. The summed E-state index contributed by atoms with van der Waals surface area (Å²) in [6.07, 6.45) is 8.26. The van der Waals surface area contributed by atoms with Crippen molar-refractivity contribution in [1.29, 1.82) is 0 Å². The number of rotatable bonds is 21. The summed E-state index contributed by atoms with van der Waals surface area (Å²) in [6.45, 7) is 11.8. The molecule has 0 saturated carbocycles. The zero-order chi connectivity index (χ0) is 60.3. The molecule has 450 valence electrons. The lowest BCUT2D eigenvalue weighted by Gasteiger charge is -2.39. The van der Waals surface area contributed by atoms with Crippen LogP contribution in [0.15, 0.2) is 119 Å². The van der Waals surface area contributed by atoms with Crippen molar-refractivity contribution >= 4 is 96.6 Å². The number of hydrogen-bond donors (Lipinski definition) is 4. The number of benzene rings is 4. The van der Waals surface area contributed by atoms with E-state index in [4.69, 9.17) is 21.1 Å². The molecule has 4 aromatic carbocycles. The van der Waals surface area contributed by atoms with Crippen LogP contribution >= 0.6 is 23.4 Å². The molecule has 21 nitrogen and oxygen atoms in total. The first-order chi connectivity index (χ1) is 41.4. The van der Waals surface area contributed by atoms with E-state index >= 15 is 0 Å². The highest BCUT2D eigenvalue weighted by Crippen LogP contribution is 2.44. The average molecular weight is 1230 g/mol. The van der Waals surface area contributed by atoms with Crippen molar-refractivity contribution in [3.63, 3.8) is 0 Å². The van der Waals surface area contributed by atoms with Crippen molar-refractivity contribution in [3.8, 4) is 11.5 Å². The summed E-state index contributed by atoms with van der Waals surface area (Å²) in [5.41, 5.74) is 5.74. The Balaban J connectivity index is 0.688. The lowest BCUT2D eigenvalue weighted by molar-refractivity contribution is -0.384. The summed E-state index contributed by atoms with van der Waals surface area (Å²) in [5, 5.41) is 19.4. The summed E-state index contributed by atoms with van der Waals surface area (Å²) >= 11 is 7.64. The number of carbonyl (C=O) groups excluding carboxylic acids is 5. The number of imide groups is 2. The predicted molar refractivity (Wildman–Crippen MR) is 327 cm³/mol. The van der Waals surface area contributed by atoms with Crippen LogP contribution in [-0.4, -0.2) is 151 Å².